The Morgan fingerprint density at radius 2 is 2.07 bits per heavy atom. The van der Waals surface area contributed by atoms with Crippen LogP contribution in [0, 0.1) is 12.3 Å². The van der Waals surface area contributed by atoms with E-state index in [1.807, 2.05) is 0 Å². The fourth-order valence-electron chi connectivity index (χ4n) is 0.870. The summed E-state index contributed by atoms with van der Waals surface area (Å²) in [5.74, 6) is 2.29. The van der Waals surface area contributed by atoms with Crippen molar-refractivity contribution in [3.63, 3.8) is 0 Å². The van der Waals surface area contributed by atoms with Gasteiger partial charge < -0.3 is 4.74 Å². The summed E-state index contributed by atoms with van der Waals surface area (Å²) in [6.45, 7) is -1.35. The number of terminal acetylenes is 1. The van der Waals surface area contributed by atoms with Gasteiger partial charge in [-0.1, -0.05) is 17.5 Å². The predicted octanol–water partition coefficient (Wildman–Crippen LogP) is 3.26. The molecule has 0 aromatic heterocycles. The molecular weight excluding hydrogens is 229 g/mol. The summed E-state index contributed by atoms with van der Waals surface area (Å²) in [5.41, 5.74) is 0.302. The highest BCUT2D eigenvalue weighted by Gasteiger charge is 2.28. The van der Waals surface area contributed by atoms with Crippen molar-refractivity contribution < 1.29 is 17.9 Å². The number of hydrogen-bond acceptors (Lipinski definition) is 1. The van der Waals surface area contributed by atoms with Crippen LogP contribution in [0.15, 0.2) is 18.2 Å². The zero-order valence-corrected chi connectivity index (χ0v) is 8.19. The van der Waals surface area contributed by atoms with Gasteiger partial charge in [-0.3, -0.25) is 0 Å². The standard InChI is InChI=1S/C10H6ClF3O/c1-2-7-5-8(3-4-9(7)11)15-6-10(12,13)14/h1,3-5H,6H2. The molecule has 0 aliphatic rings. The Morgan fingerprint density at radius 3 is 2.60 bits per heavy atom. The van der Waals surface area contributed by atoms with Crippen LogP contribution >= 0.6 is 11.6 Å². The minimum absolute atomic E-state index is 0.0460. The minimum Gasteiger partial charge on any atom is -0.484 e. The molecule has 15 heavy (non-hydrogen) atoms. The zero-order chi connectivity index (χ0) is 11.5. The largest absolute Gasteiger partial charge is 0.484 e. The highest BCUT2D eigenvalue weighted by atomic mass is 35.5. The topological polar surface area (TPSA) is 9.23 Å². The van der Waals surface area contributed by atoms with Gasteiger partial charge in [-0.15, -0.1) is 6.42 Å². The first-order chi connectivity index (χ1) is 6.92. The van der Waals surface area contributed by atoms with Crippen molar-refractivity contribution in [1.82, 2.24) is 0 Å². The number of halogens is 4. The van der Waals surface area contributed by atoms with E-state index in [4.69, 9.17) is 18.0 Å². The molecule has 80 valence electrons. The normalized spacial score (nSPS) is 10.9. The van der Waals surface area contributed by atoms with E-state index in [0.29, 0.717) is 10.6 Å². The average Bonchev–Trinajstić information content (AvgIpc) is 2.15. The molecule has 0 bridgehead atoms. The molecule has 0 amide bonds. The van der Waals surface area contributed by atoms with Crippen LogP contribution in [0.3, 0.4) is 0 Å². The van der Waals surface area contributed by atoms with Crippen LogP contribution in [0.4, 0.5) is 13.2 Å². The fraction of sp³-hybridized carbons (Fsp3) is 0.200. The third-order valence-electron chi connectivity index (χ3n) is 1.50. The highest BCUT2D eigenvalue weighted by molar-refractivity contribution is 6.31. The first-order valence-electron chi connectivity index (χ1n) is 3.88. The molecule has 5 heteroatoms. The van der Waals surface area contributed by atoms with Crippen molar-refractivity contribution >= 4 is 11.6 Å². The maximum absolute atomic E-state index is 11.8. The van der Waals surface area contributed by atoms with Gasteiger partial charge in [-0.25, -0.2) is 0 Å². The van der Waals surface area contributed by atoms with Crippen molar-refractivity contribution in [1.29, 1.82) is 0 Å². The number of rotatable bonds is 2. The summed E-state index contributed by atoms with van der Waals surface area (Å²) in [4.78, 5) is 0. The summed E-state index contributed by atoms with van der Waals surface area (Å²) in [6, 6.07) is 4.01. The third kappa shape index (κ3) is 3.72. The van der Waals surface area contributed by atoms with E-state index >= 15 is 0 Å². The fourth-order valence-corrected chi connectivity index (χ4v) is 1.04. The molecule has 0 aliphatic carbocycles. The summed E-state index contributed by atoms with van der Waals surface area (Å²) in [5, 5.41) is 0.303. The third-order valence-corrected chi connectivity index (χ3v) is 1.83. The Morgan fingerprint density at radius 1 is 1.40 bits per heavy atom. The molecule has 1 rings (SSSR count). The quantitative estimate of drug-likeness (QED) is 0.714. The molecule has 1 nitrogen and oxygen atoms in total. The first-order valence-corrected chi connectivity index (χ1v) is 4.26. The second kappa shape index (κ2) is 4.45. The molecule has 0 saturated carbocycles. The molecule has 0 N–H and O–H groups in total. The van der Waals surface area contributed by atoms with E-state index in [0.717, 1.165) is 0 Å². The van der Waals surface area contributed by atoms with Crippen molar-refractivity contribution in [2.24, 2.45) is 0 Å². The van der Waals surface area contributed by atoms with Crippen molar-refractivity contribution in [2.75, 3.05) is 6.61 Å². The van der Waals surface area contributed by atoms with Gasteiger partial charge in [0.2, 0.25) is 0 Å². The van der Waals surface area contributed by atoms with Crippen LogP contribution in [0.2, 0.25) is 5.02 Å². The lowest BCUT2D eigenvalue weighted by molar-refractivity contribution is -0.153. The Balaban J connectivity index is 2.76. The number of alkyl halides is 3. The molecule has 0 atom stereocenters. The lowest BCUT2D eigenvalue weighted by Gasteiger charge is -2.09. The van der Waals surface area contributed by atoms with Crippen molar-refractivity contribution in [3.05, 3.63) is 28.8 Å². The molecule has 0 aliphatic heterocycles. The highest BCUT2D eigenvalue weighted by Crippen LogP contribution is 2.23. The SMILES string of the molecule is C#Cc1cc(OCC(F)(F)F)ccc1Cl. The molecule has 0 unspecified atom stereocenters. The lowest BCUT2D eigenvalue weighted by Crippen LogP contribution is -2.19. The van der Waals surface area contributed by atoms with Gasteiger partial charge in [0.15, 0.2) is 6.61 Å². The molecule has 0 radical (unpaired) electrons. The van der Waals surface area contributed by atoms with Crippen molar-refractivity contribution in [3.8, 4) is 18.1 Å². The maximum atomic E-state index is 11.8. The summed E-state index contributed by atoms with van der Waals surface area (Å²) >= 11 is 5.67. The molecule has 1 aromatic carbocycles. The second-order valence-corrected chi connectivity index (χ2v) is 3.10. The Bertz CT molecular complexity index is 393. The molecule has 0 saturated heterocycles. The number of hydrogen-bond donors (Lipinski definition) is 0. The Labute approximate surface area is 89.8 Å². The van der Waals surface area contributed by atoms with E-state index in [1.54, 1.807) is 0 Å². The smallest absolute Gasteiger partial charge is 0.422 e. The van der Waals surface area contributed by atoms with Gasteiger partial charge in [-0.05, 0) is 18.2 Å². The maximum Gasteiger partial charge on any atom is 0.422 e. The van der Waals surface area contributed by atoms with Crippen LogP contribution in [-0.2, 0) is 0 Å². The Hall–Kier alpha value is -1.34. The van der Waals surface area contributed by atoms with Gasteiger partial charge in [0.1, 0.15) is 5.75 Å². The number of benzene rings is 1. The lowest BCUT2D eigenvalue weighted by atomic mass is 10.2. The van der Waals surface area contributed by atoms with Gasteiger partial charge >= 0.3 is 6.18 Å². The van der Waals surface area contributed by atoms with Crippen LogP contribution in [0.25, 0.3) is 0 Å². The van der Waals surface area contributed by atoms with E-state index < -0.39 is 12.8 Å². The van der Waals surface area contributed by atoms with Gasteiger partial charge in [-0.2, -0.15) is 13.2 Å². The first kappa shape index (κ1) is 11.7. The van der Waals surface area contributed by atoms with Crippen molar-refractivity contribution in [2.45, 2.75) is 6.18 Å². The molecular formula is C10H6ClF3O. The predicted molar refractivity (Wildman–Crippen MR) is 50.9 cm³/mol. The van der Waals surface area contributed by atoms with E-state index in [2.05, 4.69) is 10.7 Å². The van der Waals surface area contributed by atoms with E-state index in [1.165, 1.54) is 18.2 Å². The van der Waals surface area contributed by atoms with E-state index in [9.17, 15) is 13.2 Å². The second-order valence-electron chi connectivity index (χ2n) is 2.69. The van der Waals surface area contributed by atoms with Crippen LogP contribution < -0.4 is 4.74 Å². The van der Waals surface area contributed by atoms with Crippen LogP contribution in [-0.4, -0.2) is 12.8 Å². The Kier molecular flexibility index (Phi) is 3.48. The van der Waals surface area contributed by atoms with Crippen LogP contribution in [0.5, 0.6) is 5.75 Å². The monoisotopic (exact) mass is 234 g/mol. The van der Waals surface area contributed by atoms with Gasteiger partial charge in [0.05, 0.1) is 5.02 Å². The van der Waals surface area contributed by atoms with Crippen LogP contribution in [0.1, 0.15) is 5.56 Å². The molecule has 0 fully saturated rings. The van der Waals surface area contributed by atoms with Gasteiger partial charge in [0.25, 0.3) is 0 Å². The zero-order valence-electron chi connectivity index (χ0n) is 7.44. The summed E-state index contributed by atoms with van der Waals surface area (Å²) in [7, 11) is 0. The van der Waals surface area contributed by atoms with E-state index in [-0.39, 0.29) is 5.75 Å². The number of ether oxygens (including phenoxy) is 1. The molecule has 0 heterocycles. The average molecular weight is 235 g/mol. The van der Waals surface area contributed by atoms with Gasteiger partial charge in [0, 0.05) is 5.56 Å². The summed E-state index contributed by atoms with van der Waals surface area (Å²) < 4.78 is 39.9. The molecule has 0 spiro atoms. The minimum atomic E-state index is -4.37. The molecule has 1 aromatic rings. The summed E-state index contributed by atoms with van der Waals surface area (Å²) in [6.07, 6.45) is 0.724.